The number of esters is 4. The average Bonchev–Trinajstić information content (AvgIpc) is 3.24. The molecule has 2 N–H and O–H groups in total. The van der Waals surface area contributed by atoms with Crippen molar-refractivity contribution in [1.82, 2.24) is 0 Å². The van der Waals surface area contributed by atoms with Gasteiger partial charge in [0, 0.05) is 37.7 Å². The molecule has 2 atom stereocenters. The van der Waals surface area contributed by atoms with Crippen molar-refractivity contribution in [3.05, 3.63) is 0 Å². The van der Waals surface area contributed by atoms with E-state index in [-0.39, 0.29) is 64.2 Å². The quantitative estimate of drug-likeness (QED) is 0.0191. The van der Waals surface area contributed by atoms with Crippen LogP contribution in [0.1, 0.15) is 246 Å². The molecular formula is C48H92CaO14S2. The maximum Gasteiger partial charge on any atom is 0.327 e. The molecule has 0 fully saturated rings. The summed E-state index contributed by atoms with van der Waals surface area (Å²) in [5, 5.41) is -3.86. The fraction of sp³-hybridized carbons (Fsp3) is 0.917. The third kappa shape index (κ3) is 46.5. The standard InChI is InChI=1S/2C24H46O7S.Ca/c2*1-3-5-7-9-11-13-15-17-19-30-23(25)21-22(32(27,28)29)24(26)31-20-18-16-14-12-10-8-6-4-2;/h2*22H,3-21H2,1-2H3,(H,27,28,29);. The number of rotatable bonds is 44. The van der Waals surface area contributed by atoms with Crippen molar-refractivity contribution >= 4 is 81.9 Å². The molecule has 0 aliphatic heterocycles. The van der Waals surface area contributed by atoms with Crippen LogP contribution in [0.5, 0.6) is 0 Å². The summed E-state index contributed by atoms with van der Waals surface area (Å²) in [5.41, 5.74) is 0. The summed E-state index contributed by atoms with van der Waals surface area (Å²) in [6.45, 7) is 9.21. The largest absolute Gasteiger partial charge is 0.466 e. The zero-order chi connectivity index (χ0) is 48.2. The Labute approximate surface area is 425 Å². The monoisotopic (exact) mass is 997 g/mol. The summed E-state index contributed by atoms with van der Waals surface area (Å²) in [7, 11) is -9.49. The SMILES string of the molecule is CCCCCCCCCCOC(=O)CC(C(=O)OCCCCCCCCCC)S(=O)(=O)O.CCCCCCCCCCOC(=O)CC(C(=O)OCCCCCCCCCC)S(=O)(=O)O.[Ca]. The van der Waals surface area contributed by atoms with Crippen molar-refractivity contribution in [3.63, 3.8) is 0 Å². The molecule has 2 radical (unpaired) electrons. The van der Waals surface area contributed by atoms with Crippen LogP contribution in [0.15, 0.2) is 0 Å². The number of ether oxygens (including phenoxy) is 4. The van der Waals surface area contributed by atoms with Gasteiger partial charge in [0.2, 0.25) is 0 Å². The van der Waals surface area contributed by atoms with Crippen molar-refractivity contribution in [2.24, 2.45) is 0 Å². The van der Waals surface area contributed by atoms with Crippen LogP contribution < -0.4 is 0 Å². The first-order valence-electron chi connectivity index (χ1n) is 25.2. The van der Waals surface area contributed by atoms with Gasteiger partial charge in [0.15, 0.2) is 10.5 Å². The fourth-order valence-corrected chi connectivity index (χ4v) is 8.20. The van der Waals surface area contributed by atoms with Crippen LogP contribution in [-0.4, -0.2) is 124 Å². The molecule has 0 amide bonds. The van der Waals surface area contributed by atoms with Gasteiger partial charge < -0.3 is 18.9 Å². The molecule has 0 bridgehead atoms. The van der Waals surface area contributed by atoms with Gasteiger partial charge in [0.05, 0.1) is 39.3 Å². The van der Waals surface area contributed by atoms with Crippen LogP contribution in [0.25, 0.3) is 0 Å². The molecule has 0 saturated heterocycles. The molecule has 65 heavy (non-hydrogen) atoms. The average molecular weight is 997 g/mol. The molecule has 0 aliphatic carbocycles. The molecule has 0 aromatic carbocycles. The van der Waals surface area contributed by atoms with Crippen LogP contribution in [0.2, 0.25) is 0 Å². The topological polar surface area (TPSA) is 214 Å². The Hall–Kier alpha value is -1.04. The third-order valence-corrected chi connectivity index (χ3v) is 13.1. The zero-order valence-corrected chi connectivity index (χ0v) is 45.2. The summed E-state index contributed by atoms with van der Waals surface area (Å²) < 4.78 is 84.9. The van der Waals surface area contributed by atoms with E-state index in [4.69, 9.17) is 18.9 Å². The van der Waals surface area contributed by atoms with Crippen LogP contribution in [0.4, 0.5) is 0 Å². The molecule has 0 heterocycles. The molecule has 17 heteroatoms. The van der Waals surface area contributed by atoms with E-state index in [2.05, 4.69) is 27.7 Å². The van der Waals surface area contributed by atoms with E-state index in [9.17, 15) is 45.1 Å². The second kappa shape index (κ2) is 48.0. The molecule has 0 saturated carbocycles. The van der Waals surface area contributed by atoms with Crippen LogP contribution in [-0.2, 0) is 58.4 Å². The minimum Gasteiger partial charge on any atom is -0.466 e. The Balaban J connectivity index is -0.00000116. The van der Waals surface area contributed by atoms with Crippen LogP contribution in [0.3, 0.4) is 0 Å². The van der Waals surface area contributed by atoms with Gasteiger partial charge in [-0.3, -0.25) is 28.3 Å². The predicted octanol–water partition coefficient (Wildman–Crippen LogP) is 11.6. The van der Waals surface area contributed by atoms with Crippen molar-refractivity contribution < 1.29 is 64.1 Å². The normalized spacial score (nSPS) is 12.3. The van der Waals surface area contributed by atoms with Crippen molar-refractivity contribution in [3.8, 4) is 0 Å². The second-order valence-corrected chi connectivity index (χ2v) is 20.3. The summed E-state index contributed by atoms with van der Waals surface area (Å²) in [5.74, 6) is -3.84. The molecule has 0 rings (SSSR count). The van der Waals surface area contributed by atoms with E-state index < -0.39 is 67.5 Å². The summed E-state index contributed by atoms with van der Waals surface area (Å²) in [6, 6.07) is 0. The molecule has 0 aliphatic rings. The van der Waals surface area contributed by atoms with Gasteiger partial charge in [-0.1, -0.05) is 207 Å². The molecular weight excluding hydrogens is 905 g/mol. The van der Waals surface area contributed by atoms with Crippen molar-refractivity contribution in [2.75, 3.05) is 26.4 Å². The molecule has 0 spiro atoms. The maximum absolute atomic E-state index is 12.1. The Kier molecular flexibility index (Phi) is 50.4. The fourth-order valence-electron chi connectivity index (χ4n) is 6.89. The molecule has 2 unspecified atom stereocenters. The Morgan fingerprint density at radius 3 is 0.723 bits per heavy atom. The van der Waals surface area contributed by atoms with Gasteiger partial charge in [0.1, 0.15) is 0 Å². The number of carbonyl (C=O) groups is 4. The first-order chi connectivity index (χ1) is 30.6. The van der Waals surface area contributed by atoms with E-state index in [1.165, 1.54) is 103 Å². The zero-order valence-electron chi connectivity index (χ0n) is 41.3. The summed E-state index contributed by atoms with van der Waals surface area (Å²) >= 11 is 0. The second-order valence-electron chi connectivity index (χ2n) is 17.1. The first kappa shape index (κ1) is 68.2. The van der Waals surface area contributed by atoms with Crippen molar-refractivity contribution in [1.29, 1.82) is 0 Å². The minimum atomic E-state index is -4.75. The molecule has 14 nitrogen and oxygen atoms in total. The van der Waals surface area contributed by atoms with E-state index in [1.807, 2.05) is 0 Å². The first-order valence-corrected chi connectivity index (χ1v) is 28.2. The smallest absolute Gasteiger partial charge is 0.327 e. The van der Waals surface area contributed by atoms with E-state index in [0.29, 0.717) is 25.7 Å². The number of carbonyl (C=O) groups excluding carboxylic acids is 4. The van der Waals surface area contributed by atoms with Gasteiger partial charge in [-0.15, -0.1) is 0 Å². The van der Waals surface area contributed by atoms with E-state index >= 15 is 0 Å². The number of hydrogen-bond donors (Lipinski definition) is 2. The Morgan fingerprint density at radius 2 is 0.523 bits per heavy atom. The van der Waals surface area contributed by atoms with Gasteiger partial charge in [0.25, 0.3) is 20.2 Å². The maximum atomic E-state index is 12.1. The van der Waals surface area contributed by atoms with Crippen molar-refractivity contribution in [2.45, 2.75) is 257 Å². The van der Waals surface area contributed by atoms with Crippen LogP contribution >= 0.6 is 0 Å². The van der Waals surface area contributed by atoms with E-state index in [0.717, 1.165) is 77.0 Å². The van der Waals surface area contributed by atoms with Crippen LogP contribution in [0, 0.1) is 0 Å². The van der Waals surface area contributed by atoms with E-state index in [1.54, 1.807) is 0 Å². The number of unbranched alkanes of at least 4 members (excludes halogenated alkanes) is 28. The predicted molar refractivity (Wildman–Crippen MR) is 260 cm³/mol. The Morgan fingerprint density at radius 1 is 0.338 bits per heavy atom. The molecule has 0 aromatic heterocycles. The summed E-state index contributed by atoms with van der Waals surface area (Å²) in [4.78, 5) is 48.0. The minimum absolute atomic E-state index is 0. The Bertz CT molecular complexity index is 1260. The van der Waals surface area contributed by atoms with Gasteiger partial charge in [-0.2, -0.15) is 16.8 Å². The molecule has 0 aromatic rings. The third-order valence-electron chi connectivity index (χ3n) is 11.0. The van der Waals surface area contributed by atoms with Gasteiger partial charge >= 0.3 is 23.9 Å². The number of hydrogen-bond acceptors (Lipinski definition) is 12. The molecule has 382 valence electrons. The van der Waals surface area contributed by atoms with Gasteiger partial charge in [-0.25, -0.2) is 0 Å². The summed E-state index contributed by atoms with van der Waals surface area (Å²) in [6.07, 6.45) is 33.2. The van der Waals surface area contributed by atoms with Gasteiger partial charge in [-0.05, 0) is 25.7 Å².